The van der Waals surface area contributed by atoms with Gasteiger partial charge in [-0.1, -0.05) is 42.3 Å². The first-order valence-electron chi connectivity index (χ1n) is 8.38. The van der Waals surface area contributed by atoms with Gasteiger partial charge < -0.3 is 5.32 Å². The Morgan fingerprint density at radius 2 is 1.75 bits per heavy atom. The summed E-state index contributed by atoms with van der Waals surface area (Å²) < 4.78 is 25.9. The fourth-order valence-electron chi connectivity index (χ4n) is 2.75. The third-order valence-corrected chi connectivity index (χ3v) is 5.55. The van der Waals surface area contributed by atoms with Crippen molar-refractivity contribution in [1.29, 1.82) is 5.26 Å². The molecule has 0 heterocycles. The first-order chi connectivity index (χ1) is 13.2. The summed E-state index contributed by atoms with van der Waals surface area (Å²) in [6.07, 6.45) is 1.52. The van der Waals surface area contributed by atoms with E-state index in [1.807, 2.05) is 6.07 Å². The molecule has 1 amide bonds. The van der Waals surface area contributed by atoms with E-state index in [9.17, 15) is 13.2 Å². The molecule has 0 spiro atoms. The molecule has 1 atom stereocenters. The zero-order valence-electron chi connectivity index (χ0n) is 15.3. The molecule has 0 saturated carbocycles. The SMILES string of the molecule is CC[C@H](C(=O)Nc1ccc(CC#N)cc1)N(c1cc(Cl)cc(Cl)c1)S(C)(=O)=O. The summed E-state index contributed by atoms with van der Waals surface area (Å²) in [7, 11) is -3.79. The van der Waals surface area contributed by atoms with Crippen molar-refractivity contribution in [2.45, 2.75) is 25.8 Å². The van der Waals surface area contributed by atoms with Gasteiger partial charge in [0.25, 0.3) is 0 Å². The molecular weight excluding hydrogens is 421 g/mol. The summed E-state index contributed by atoms with van der Waals surface area (Å²) in [5, 5.41) is 12.0. The van der Waals surface area contributed by atoms with Crippen LogP contribution in [0.3, 0.4) is 0 Å². The number of nitriles is 1. The van der Waals surface area contributed by atoms with Gasteiger partial charge in [0.05, 0.1) is 24.4 Å². The number of rotatable bonds is 7. The second kappa shape index (κ2) is 9.28. The zero-order valence-corrected chi connectivity index (χ0v) is 17.6. The topological polar surface area (TPSA) is 90.3 Å². The van der Waals surface area contributed by atoms with Crippen LogP contribution in [0.2, 0.25) is 10.0 Å². The highest BCUT2D eigenvalue weighted by atomic mass is 35.5. The van der Waals surface area contributed by atoms with Gasteiger partial charge in [0.15, 0.2) is 0 Å². The highest BCUT2D eigenvalue weighted by Crippen LogP contribution is 2.29. The average Bonchev–Trinajstić information content (AvgIpc) is 2.59. The van der Waals surface area contributed by atoms with Crippen molar-refractivity contribution in [3.8, 4) is 6.07 Å². The minimum absolute atomic E-state index is 0.214. The number of benzene rings is 2. The number of carbonyl (C=O) groups is 1. The summed E-state index contributed by atoms with van der Waals surface area (Å²) in [5.41, 5.74) is 1.54. The molecule has 0 aliphatic heterocycles. The molecule has 0 aromatic heterocycles. The van der Waals surface area contributed by atoms with Crippen LogP contribution in [0.1, 0.15) is 18.9 Å². The summed E-state index contributed by atoms with van der Waals surface area (Å²) >= 11 is 12.0. The van der Waals surface area contributed by atoms with E-state index in [1.165, 1.54) is 18.2 Å². The van der Waals surface area contributed by atoms with Crippen LogP contribution in [0.25, 0.3) is 0 Å². The Labute approximate surface area is 174 Å². The lowest BCUT2D eigenvalue weighted by atomic mass is 10.1. The number of hydrogen-bond donors (Lipinski definition) is 1. The van der Waals surface area contributed by atoms with Crippen LogP contribution < -0.4 is 9.62 Å². The van der Waals surface area contributed by atoms with Gasteiger partial charge >= 0.3 is 0 Å². The van der Waals surface area contributed by atoms with E-state index in [4.69, 9.17) is 28.5 Å². The molecule has 148 valence electrons. The van der Waals surface area contributed by atoms with Crippen LogP contribution in [-0.4, -0.2) is 26.6 Å². The third-order valence-electron chi connectivity index (χ3n) is 3.94. The van der Waals surface area contributed by atoms with Gasteiger partial charge in [0.1, 0.15) is 6.04 Å². The van der Waals surface area contributed by atoms with Crippen LogP contribution in [0, 0.1) is 11.3 Å². The van der Waals surface area contributed by atoms with Crippen molar-refractivity contribution in [2.24, 2.45) is 0 Å². The van der Waals surface area contributed by atoms with E-state index in [-0.39, 0.29) is 28.6 Å². The van der Waals surface area contributed by atoms with Crippen LogP contribution >= 0.6 is 23.2 Å². The zero-order chi connectivity index (χ0) is 20.9. The molecule has 0 fully saturated rings. The molecular formula is C19H19Cl2N3O3S. The average molecular weight is 440 g/mol. The van der Waals surface area contributed by atoms with Gasteiger partial charge in [0.2, 0.25) is 15.9 Å². The molecule has 2 rings (SSSR count). The van der Waals surface area contributed by atoms with Gasteiger partial charge in [-0.05, 0) is 42.3 Å². The highest BCUT2D eigenvalue weighted by molar-refractivity contribution is 7.92. The Hall–Kier alpha value is -2.27. The summed E-state index contributed by atoms with van der Waals surface area (Å²) in [6, 6.07) is 12.2. The molecule has 2 aromatic rings. The van der Waals surface area contributed by atoms with Gasteiger partial charge in [-0.15, -0.1) is 0 Å². The first kappa shape index (κ1) is 22.0. The number of halogens is 2. The van der Waals surface area contributed by atoms with Crippen LogP contribution in [0.15, 0.2) is 42.5 Å². The number of carbonyl (C=O) groups excluding carboxylic acids is 1. The van der Waals surface area contributed by atoms with Crippen LogP contribution in [0.4, 0.5) is 11.4 Å². The maximum atomic E-state index is 12.9. The fourth-order valence-corrected chi connectivity index (χ4v) is 4.46. The monoisotopic (exact) mass is 439 g/mol. The molecule has 9 heteroatoms. The molecule has 0 aliphatic rings. The van der Waals surface area contributed by atoms with E-state index in [0.717, 1.165) is 16.1 Å². The predicted octanol–water partition coefficient (Wildman–Crippen LogP) is 4.24. The quantitative estimate of drug-likeness (QED) is 0.697. The van der Waals surface area contributed by atoms with E-state index < -0.39 is 22.0 Å². The lowest BCUT2D eigenvalue weighted by Gasteiger charge is -2.30. The van der Waals surface area contributed by atoms with Crippen LogP contribution in [0.5, 0.6) is 0 Å². The van der Waals surface area contributed by atoms with E-state index in [1.54, 1.807) is 31.2 Å². The molecule has 28 heavy (non-hydrogen) atoms. The maximum Gasteiger partial charge on any atom is 0.248 e. The Bertz CT molecular complexity index is 982. The fraction of sp³-hybridized carbons (Fsp3) is 0.263. The summed E-state index contributed by atoms with van der Waals surface area (Å²) in [5.74, 6) is -0.489. The smallest absolute Gasteiger partial charge is 0.248 e. The third kappa shape index (κ3) is 5.61. The maximum absolute atomic E-state index is 12.9. The molecule has 0 unspecified atom stereocenters. The Morgan fingerprint density at radius 1 is 1.18 bits per heavy atom. The molecule has 0 bridgehead atoms. The van der Waals surface area contributed by atoms with Gasteiger partial charge in [0, 0.05) is 15.7 Å². The Kier molecular flexibility index (Phi) is 7.30. The standard InChI is InChI=1S/C19H19Cl2N3O3S/c1-3-18(19(25)23-16-6-4-13(5-7-16)8-9-22)24(28(2,26)27)17-11-14(20)10-15(21)12-17/h4-7,10-12,18H,3,8H2,1-2H3,(H,23,25)/t18-/m1/s1. The van der Waals surface area contributed by atoms with E-state index in [2.05, 4.69) is 5.32 Å². The van der Waals surface area contributed by atoms with E-state index >= 15 is 0 Å². The van der Waals surface area contributed by atoms with Crippen molar-refractivity contribution in [3.63, 3.8) is 0 Å². The molecule has 2 aromatic carbocycles. The van der Waals surface area contributed by atoms with Gasteiger partial charge in [-0.3, -0.25) is 9.10 Å². The minimum Gasteiger partial charge on any atom is -0.324 e. The second-order valence-electron chi connectivity index (χ2n) is 6.13. The Balaban J connectivity index is 2.35. The van der Waals surface area contributed by atoms with Gasteiger partial charge in [-0.2, -0.15) is 5.26 Å². The number of hydrogen-bond acceptors (Lipinski definition) is 4. The molecule has 6 nitrogen and oxygen atoms in total. The molecule has 0 saturated heterocycles. The van der Waals surface area contributed by atoms with Crippen molar-refractivity contribution >= 4 is 50.5 Å². The van der Waals surface area contributed by atoms with Crippen LogP contribution in [-0.2, 0) is 21.2 Å². The first-order valence-corrected chi connectivity index (χ1v) is 11.0. The predicted molar refractivity (Wildman–Crippen MR) is 112 cm³/mol. The summed E-state index contributed by atoms with van der Waals surface area (Å²) in [4.78, 5) is 12.9. The molecule has 1 N–H and O–H groups in total. The van der Waals surface area contributed by atoms with E-state index in [0.29, 0.717) is 5.69 Å². The lowest BCUT2D eigenvalue weighted by Crippen LogP contribution is -2.47. The number of nitrogens with one attached hydrogen (secondary N) is 1. The van der Waals surface area contributed by atoms with Gasteiger partial charge in [-0.25, -0.2) is 8.42 Å². The normalized spacial score (nSPS) is 12.1. The van der Waals surface area contributed by atoms with Crippen molar-refractivity contribution in [1.82, 2.24) is 0 Å². The Morgan fingerprint density at radius 3 is 2.21 bits per heavy atom. The highest BCUT2D eigenvalue weighted by Gasteiger charge is 2.32. The number of anilines is 2. The second-order valence-corrected chi connectivity index (χ2v) is 8.86. The molecule has 0 radical (unpaired) electrons. The van der Waals surface area contributed by atoms with Crippen molar-refractivity contribution in [2.75, 3.05) is 15.9 Å². The van der Waals surface area contributed by atoms with Crippen molar-refractivity contribution in [3.05, 3.63) is 58.1 Å². The lowest BCUT2D eigenvalue weighted by molar-refractivity contribution is -0.117. The number of nitrogens with zero attached hydrogens (tertiary/aromatic N) is 2. The molecule has 0 aliphatic carbocycles. The van der Waals surface area contributed by atoms with Crippen molar-refractivity contribution < 1.29 is 13.2 Å². The summed E-state index contributed by atoms with van der Waals surface area (Å²) in [6.45, 7) is 1.71. The number of sulfonamides is 1. The number of amides is 1. The minimum atomic E-state index is -3.79. The largest absolute Gasteiger partial charge is 0.324 e.